The maximum atomic E-state index is 13.0. The quantitative estimate of drug-likeness (QED) is 0.521. The first-order valence-corrected chi connectivity index (χ1v) is 9.67. The first-order valence-electron chi connectivity index (χ1n) is 9.29. The van der Waals surface area contributed by atoms with Crippen LogP contribution >= 0.6 is 11.6 Å². The highest BCUT2D eigenvalue weighted by atomic mass is 35.5. The fraction of sp³-hybridized carbons (Fsp3) is 0.136. The Balaban J connectivity index is 1.66. The summed E-state index contributed by atoms with van der Waals surface area (Å²) >= 11 is 6.31. The molecule has 0 aliphatic heterocycles. The number of amides is 1. The van der Waals surface area contributed by atoms with Crippen LogP contribution in [0.4, 0.5) is 0 Å². The summed E-state index contributed by atoms with van der Waals surface area (Å²) in [6.45, 7) is 2.35. The molecule has 0 spiro atoms. The molecule has 0 radical (unpaired) electrons. The van der Waals surface area contributed by atoms with Crippen molar-refractivity contribution >= 4 is 17.5 Å². The van der Waals surface area contributed by atoms with Gasteiger partial charge in [-0.1, -0.05) is 65.3 Å². The van der Waals surface area contributed by atoms with Gasteiger partial charge in [-0.25, -0.2) is 4.68 Å². The highest BCUT2D eigenvalue weighted by molar-refractivity contribution is 6.31. The third-order valence-corrected chi connectivity index (χ3v) is 5.07. The molecule has 1 atom stereocenters. The SMILES string of the molecule is C[C@@H](NC(=O)c1nnn(Cc2ccccc2Cl)c1-n1cccc1)c1ccccc1. The predicted octanol–water partition coefficient (Wildman–Crippen LogP) is 4.26. The van der Waals surface area contributed by atoms with E-state index in [-0.39, 0.29) is 17.6 Å². The first kappa shape index (κ1) is 19.0. The Morgan fingerprint density at radius 2 is 1.72 bits per heavy atom. The van der Waals surface area contributed by atoms with Crippen LogP contribution in [0.5, 0.6) is 0 Å². The molecular formula is C22H20ClN5O. The number of halogens is 1. The van der Waals surface area contributed by atoms with Gasteiger partial charge in [0, 0.05) is 17.4 Å². The van der Waals surface area contributed by atoms with E-state index in [9.17, 15) is 4.79 Å². The smallest absolute Gasteiger partial charge is 0.276 e. The summed E-state index contributed by atoms with van der Waals surface area (Å²) in [5.74, 6) is 0.308. The van der Waals surface area contributed by atoms with Crippen LogP contribution in [0.3, 0.4) is 0 Å². The van der Waals surface area contributed by atoms with Crippen molar-refractivity contribution in [3.63, 3.8) is 0 Å². The number of carbonyl (C=O) groups is 1. The van der Waals surface area contributed by atoms with Crippen molar-refractivity contribution in [2.24, 2.45) is 0 Å². The largest absolute Gasteiger partial charge is 0.344 e. The van der Waals surface area contributed by atoms with Crippen LogP contribution in [-0.2, 0) is 6.54 Å². The Hall–Kier alpha value is -3.38. The van der Waals surface area contributed by atoms with E-state index in [0.717, 1.165) is 11.1 Å². The summed E-state index contributed by atoms with van der Waals surface area (Å²) < 4.78 is 3.52. The van der Waals surface area contributed by atoms with Crippen LogP contribution in [-0.4, -0.2) is 25.5 Å². The van der Waals surface area contributed by atoms with Crippen molar-refractivity contribution in [1.82, 2.24) is 24.9 Å². The molecule has 7 heteroatoms. The van der Waals surface area contributed by atoms with Crippen LogP contribution in [0, 0.1) is 0 Å². The average molecular weight is 406 g/mol. The van der Waals surface area contributed by atoms with E-state index in [4.69, 9.17) is 11.6 Å². The molecule has 1 N–H and O–H groups in total. The minimum atomic E-state index is -0.282. The Morgan fingerprint density at radius 1 is 1.03 bits per heavy atom. The van der Waals surface area contributed by atoms with Crippen molar-refractivity contribution < 1.29 is 4.79 Å². The Bertz CT molecular complexity index is 1110. The van der Waals surface area contributed by atoms with Crippen LogP contribution in [0.25, 0.3) is 5.82 Å². The number of rotatable bonds is 6. The minimum absolute atomic E-state index is 0.157. The van der Waals surface area contributed by atoms with Crippen molar-refractivity contribution in [1.29, 1.82) is 0 Å². The maximum Gasteiger partial charge on any atom is 0.276 e. The van der Waals surface area contributed by atoms with Gasteiger partial charge >= 0.3 is 0 Å². The number of nitrogens with one attached hydrogen (secondary N) is 1. The summed E-state index contributed by atoms with van der Waals surface area (Å²) in [5.41, 5.74) is 2.18. The van der Waals surface area contributed by atoms with Crippen LogP contribution in [0.15, 0.2) is 79.1 Å². The van der Waals surface area contributed by atoms with Crippen LogP contribution < -0.4 is 5.32 Å². The molecule has 0 aliphatic carbocycles. The number of aromatic nitrogens is 4. The molecule has 2 aromatic heterocycles. The lowest BCUT2D eigenvalue weighted by atomic mass is 10.1. The summed E-state index contributed by atoms with van der Waals surface area (Å²) in [5, 5.41) is 12.1. The minimum Gasteiger partial charge on any atom is -0.344 e. The second-order valence-electron chi connectivity index (χ2n) is 6.71. The lowest BCUT2D eigenvalue weighted by Gasteiger charge is -2.14. The third-order valence-electron chi connectivity index (χ3n) is 4.70. The van der Waals surface area contributed by atoms with Gasteiger partial charge in [0.1, 0.15) is 0 Å². The molecule has 0 bridgehead atoms. The lowest BCUT2D eigenvalue weighted by Crippen LogP contribution is -2.28. The van der Waals surface area contributed by atoms with E-state index in [1.807, 2.05) is 90.6 Å². The zero-order valence-corrected chi connectivity index (χ0v) is 16.6. The monoisotopic (exact) mass is 405 g/mol. The average Bonchev–Trinajstić information content (AvgIpc) is 3.40. The summed E-state index contributed by atoms with van der Waals surface area (Å²) in [7, 11) is 0. The van der Waals surface area contributed by atoms with Gasteiger partial charge in [-0.05, 0) is 36.2 Å². The molecule has 4 aromatic rings. The van der Waals surface area contributed by atoms with E-state index < -0.39 is 0 Å². The number of hydrogen-bond donors (Lipinski definition) is 1. The second kappa shape index (κ2) is 8.32. The van der Waals surface area contributed by atoms with Crippen molar-refractivity contribution in [3.8, 4) is 5.82 Å². The molecule has 6 nitrogen and oxygen atoms in total. The topological polar surface area (TPSA) is 64.7 Å². The molecule has 2 heterocycles. The fourth-order valence-corrected chi connectivity index (χ4v) is 3.37. The third kappa shape index (κ3) is 4.07. The van der Waals surface area contributed by atoms with Gasteiger partial charge in [0.25, 0.3) is 5.91 Å². The molecule has 2 aromatic carbocycles. The number of hydrogen-bond acceptors (Lipinski definition) is 3. The van der Waals surface area contributed by atoms with Gasteiger partial charge in [0.2, 0.25) is 0 Å². The van der Waals surface area contributed by atoms with Gasteiger partial charge in [0.15, 0.2) is 11.5 Å². The van der Waals surface area contributed by atoms with Crippen LogP contribution in [0.1, 0.15) is 34.6 Å². The summed E-state index contributed by atoms with van der Waals surface area (Å²) in [6.07, 6.45) is 3.72. The van der Waals surface area contributed by atoms with Gasteiger partial charge < -0.3 is 9.88 Å². The van der Waals surface area contributed by atoms with E-state index in [1.54, 1.807) is 4.68 Å². The summed E-state index contributed by atoms with van der Waals surface area (Å²) in [4.78, 5) is 13.0. The standard InChI is InChI=1S/C22H20ClN5O/c1-16(17-9-3-2-4-10-17)24-21(29)20-22(27-13-7-8-14-27)28(26-25-20)15-18-11-5-6-12-19(18)23/h2-14,16H,15H2,1H3,(H,24,29)/t16-/m1/s1. The second-order valence-corrected chi connectivity index (χ2v) is 7.11. The van der Waals surface area contributed by atoms with Crippen molar-refractivity contribution in [2.45, 2.75) is 19.5 Å². The molecule has 0 aliphatic rings. The fourth-order valence-electron chi connectivity index (χ4n) is 3.17. The molecule has 0 saturated carbocycles. The number of carbonyl (C=O) groups excluding carboxylic acids is 1. The maximum absolute atomic E-state index is 13.0. The highest BCUT2D eigenvalue weighted by Crippen LogP contribution is 2.20. The predicted molar refractivity (Wildman–Crippen MR) is 112 cm³/mol. The zero-order chi connectivity index (χ0) is 20.2. The molecule has 0 saturated heterocycles. The van der Waals surface area contributed by atoms with E-state index in [0.29, 0.717) is 17.4 Å². The van der Waals surface area contributed by atoms with Gasteiger partial charge in [-0.3, -0.25) is 4.79 Å². The van der Waals surface area contributed by atoms with Gasteiger partial charge in [-0.15, -0.1) is 5.10 Å². The molecule has 4 rings (SSSR count). The van der Waals surface area contributed by atoms with Gasteiger partial charge in [0.05, 0.1) is 12.6 Å². The van der Waals surface area contributed by atoms with Crippen molar-refractivity contribution in [3.05, 3.63) is 101 Å². The first-order chi connectivity index (χ1) is 14.1. The molecule has 146 valence electrons. The highest BCUT2D eigenvalue weighted by Gasteiger charge is 2.23. The molecular weight excluding hydrogens is 386 g/mol. The van der Waals surface area contributed by atoms with E-state index >= 15 is 0 Å². The van der Waals surface area contributed by atoms with Crippen molar-refractivity contribution in [2.75, 3.05) is 0 Å². The number of nitrogens with zero attached hydrogens (tertiary/aromatic N) is 4. The van der Waals surface area contributed by atoms with Crippen LogP contribution in [0.2, 0.25) is 5.02 Å². The molecule has 0 unspecified atom stereocenters. The summed E-state index contributed by atoms with van der Waals surface area (Å²) in [6, 6.07) is 21.0. The van der Waals surface area contributed by atoms with Gasteiger partial charge in [-0.2, -0.15) is 0 Å². The Kier molecular flexibility index (Phi) is 5.44. The lowest BCUT2D eigenvalue weighted by molar-refractivity contribution is 0.0934. The molecule has 29 heavy (non-hydrogen) atoms. The Labute approximate surface area is 173 Å². The molecule has 0 fully saturated rings. The van der Waals surface area contributed by atoms with E-state index in [2.05, 4.69) is 15.6 Å². The Morgan fingerprint density at radius 3 is 2.45 bits per heavy atom. The zero-order valence-electron chi connectivity index (χ0n) is 15.9. The van der Waals surface area contributed by atoms with E-state index in [1.165, 1.54) is 0 Å². The normalized spacial score (nSPS) is 11.9. The number of benzene rings is 2. The molecule has 1 amide bonds.